The fraction of sp³-hybridized carbons (Fsp3) is 0.174. The summed E-state index contributed by atoms with van der Waals surface area (Å²) in [6, 6.07) is 16.0. The lowest BCUT2D eigenvalue weighted by molar-refractivity contribution is -0.142. The Morgan fingerprint density at radius 2 is 1.73 bits per heavy atom. The first-order valence-electron chi connectivity index (χ1n) is 9.39. The molecule has 3 N–H and O–H groups in total. The van der Waals surface area contributed by atoms with Crippen LogP contribution in [0.25, 0.3) is 0 Å². The predicted molar refractivity (Wildman–Crippen MR) is 109 cm³/mol. The summed E-state index contributed by atoms with van der Waals surface area (Å²) in [4.78, 5) is 39.2. The number of hydrogen-bond acceptors (Lipinski definition) is 6. The van der Waals surface area contributed by atoms with E-state index in [0.717, 1.165) is 5.56 Å². The highest BCUT2D eigenvalue weighted by Crippen LogP contribution is 2.52. The van der Waals surface area contributed by atoms with Crippen molar-refractivity contribution in [3.63, 3.8) is 0 Å². The molecule has 2 aromatic carbocycles. The van der Waals surface area contributed by atoms with Crippen LogP contribution in [0.3, 0.4) is 0 Å². The number of nitrogens with two attached hydrogens (primary N) is 1. The number of benzene rings is 2. The molecule has 1 atom stereocenters. The molecule has 2 heterocycles. The van der Waals surface area contributed by atoms with Gasteiger partial charge in [0.15, 0.2) is 5.78 Å². The van der Waals surface area contributed by atoms with E-state index in [9.17, 15) is 14.4 Å². The van der Waals surface area contributed by atoms with Gasteiger partial charge in [-0.15, -0.1) is 0 Å². The molecular weight excluding hydrogens is 384 g/mol. The van der Waals surface area contributed by atoms with Crippen molar-refractivity contribution < 1.29 is 23.9 Å². The smallest absolute Gasteiger partial charge is 0.341 e. The van der Waals surface area contributed by atoms with E-state index in [0.29, 0.717) is 11.3 Å². The molecule has 1 amide bonds. The fourth-order valence-electron chi connectivity index (χ4n) is 4.16. The summed E-state index contributed by atoms with van der Waals surface area (Å²) in [6.45, 7) is 2.85. The minimum absolute atomic E-state index is 0.0199. The maximum absolute atomic E-state index is 13.4. The third-order valence-corrected chi connectivity index (χ3v) is 5.30. The lowest BCUT2D eigenvalue weighted by Gasteiger charge is -2.35. The van der Waals surface area contributed by atoms with E-state index in [1.807, 2.05) is 18.2 Å². The number of nitrogens with one attached hydrogen (secondary N) is 1. The van der Waals surface area contributed by atoms with Crippen molar-refractivity contribution in [2.45, 2.75) is 25.9 Å². The Labute approximate surface area is 173 Å². The molecule has 1 spiro atoms. The van der Waals surface area contributed by atoms with Gasteiger partial charge in [-0.25, -0.2) is 4.79 Å². The van der Waals surface area contributed by atoms with Crippen molar-refractivity contribution in [3.05, 3.63) is 88.5 Å². The lowest BCUT2D eigenvalue weighted by Crippen LogP contribution is -2.47. The highest BCUT2D eigenvalue weighted by molar-refractivity contribution is 6.22. The number of fused-ring (bicyclic) bond motifs is 2. The zero-order chi connectivity index (χ0) is 21.5. The summed E-state index contributed by atoms with van der Waals surface area (Å²) in [5.74, 6) is -1.87. The van der Waals surface area contributed by atoms with E-state index in [1.165, 1.54) is 6.92 Å². The average Bonchev–Trinajstić information content (AvgIpc) is 2.99. The second-order valence-corrected chi connectivity index (χ2v) is 7.14. The zero-order valence-corrected chi connectivity index (χ0v) is 16.5. The van der Waals surface area contributed by atoms with Gasteiger partial charge < -0.3 is 20.5 Å². The summed E-state index contributed by atoms with van der Waals surface area (Å²) >= 11 is 0. The topological polar surface area (TPSA) is 108 Å². The first kappa shape index (κ1) is 19.4. The van der Waals surface area contributed by atoms with Crippen molar-refractivity contribution in [1.29, 1.82) is 0 Å². The van der Waals surface area contributed by atoms with Crippen molar-refractivity contribution in [3.8, 4) is 0 Å². The van der Waals surface area contributed by atoms with E-state index in [2.05, 4.69) is 5.32 Å². The number of ketones is 1. The van der Waals surface area contributed by atoms with Crippen LogP contribution in [0, 0.1) is 0 Å². The van der Waals surface area contributed by atoms with Crippen molar-refractivity contribution in [1.82, 2.24) is 0 Å². The number of carbonyl (C=O) groups is 3. The summed E-state index contributed by atoms with van der Waals surface area (Å²) < 4.78 is 11.0. The molecule has 2 aromatic rings. The molecule has 0 bridgehead atoms. The van der Waals surface area contributed by atoms with E-state index in [4.69, 9.17) is 15.2 Å². The van der Waals surface area contributed by atoms with Gasteiger partial charge in [-0.3, -0.25) is 9.59 Å². The maximum Gasteiger partial charge on any atom is 0.341 e. The van der Waals surface area contributed by atoms with Crippen LogP contribution in [-0.4, -0.2) is 17.7 Å². The molecule has 0 unspecified atom stereocenters. The minimum Gasteiger partial charge on any atom is -0.457 e. The third-order valence-electron chi connectivity index (χ3n) is 5.30. The van der Waals surface area contributed by atoms with E-state index in [1.54, 1.807) is 43.3 Å². The summed E-state index contributed by atoms with van der Waals surface area (Å²) in [5.41, 5.74) is 5.96. The van der Waals surface area contributed by atoms with Gasteiger partial charge in [0.2, 0.25) is 11.8 Å². The number of esters is 1. The van der Waals surface area contributed by atoms with Crippen LogP contribution in [0.5, 0.6) is 0 Å². The van der Waals surface area contributed by atoms with E-state index >= 15 is 0 Å². The Hall–Kier alpha value is -3.87. The number of para-hydroxylation sites is 1. The Kier molecular flexibility index (Phi) is 4.66. The molecule has 0 fully saturated rings. The zero-order valence-electron chi connectivity index (χ0n) is 16.5. The third kappa shape index (κ3) is 2.78. The van der Waals surface area contributed by atoms with Gasteiger partial charge in [0.05, 0.1) is 5.57 Å². The molecule has 0 saturated carbocycles. The quantitative estimate of drug-likeness (QED) is 0.759. The van der Waals surface area contributed by atoms with Crippen LogP contribution in [0.4, 0.5) is 5.69 Å². The molecule has 2 aliphatic rings. The molecule has 30 heavy (non-hydrogen) atoms. The molecule has 4 rings (SSSR count). The minimum atomic E-state index is -1.73. The van der Waals surface area contributed by atoms with Crippen molar-refractivity contribution in [2.24, 2.45) is 5.73 Å². The van der Waals surface area contributed by atoms with Crippen molar-refractivity contribution in [2.75, 3.05) is 5.32 Å². The van der Waals surface area contributed by atoms with E-state index in [-0.39, 0.29) is 29.4 Å². The molecular formula is C23H20N2O5. The fourth-order valence-corrected chi connectivity index (χ4v) is 4.16. The highest BCUT2D eigenvalue weighted by Gasteiger charge is 2.60. The summed E-state index contributed by atoms with van der Waals surface area (Å²) in [5, 5.41) is 2.76. The van der Waals surface area contributed by atoms with Gasteiger partial charge in [-0.2, -0.15) is 0 Å². The van der Waals surface area contributed by atoms with Gasteiger partial charge >= 0.3 is 5.97 Å². The number of rotatable bonds is 4. The second kappa shape index (κ2) is 7.18. The predicted octanol–water partition coefficient (Wildman–Crippen LogP) is 2.68. The molecule has 0 aromatic heterocycles. The normalized spacial score (nSPS) is 20.0. The molecule has 0 aliphatic carbocycles. The van der Waals surface area contributed by atoms with Crippen LogP contribution >= 0.6 is 0 Å². The van der Waals surface area contributed by atoms with Crippen molar-refractivity contribution >= 4 is 23.3 Å². The molecule has 0 radical (unpaired) electrons. The van der Waals surface area contributed by atoms with Crippen LogP contribution in [0.15, 0.2) is 77.4 Å². The molecule has 7 heteroatoms. The number of amides is 1. The summed E-state index contributed by atoms with van der Waals surface area (Å²) in [7, 11) is 0. The first-order chi connectivity index (χ1) is 14.4. The maximum atomic E-state index is 13.4. The van der Waals surface area contributed by atoms with Crippen LogP contribution < -0.4 is 11.1 Å². The first-order valence-corrected chi connectivity index (χ1v) is 9.39. The highest BCUT2D eigenvalue weighted by atomic mass is 16.5. The van der Waals surface area contributed by atoms with Gasteiger partial charge in [0.25, 0.3) is 0 Å². The Morgan fingerprint density at radius 1 is 1.07 bits per heavy atom. The van der Waals surface area contributed by atoms with Gasteiger partial charge in [-0.1, -0.05) is 48.5 Å². The summed E-state index contributed by atoms with van der Waals surface area (Å²) in [6.07, 6.45) is 0. The van der Waals surface area contributed by atoms with Crippen LogP contribution in [-0.2, 0) is 35.9 Å². The molecule has 7 nitrogen and oxygen atoms in total. The SMILES string of the molecule is CC(=O)C1=C(C)OC(N)=C(C(=O)OCc2ccccc2)[C@@]12C(=O)Nc1ccccc12. The molecule has 2 aliphatic heterocycles. The Morgan fingerprint density at radius 3 is 2.43 bits per heavy atom. The van der Waals surface area contributed by atoms with Gasteiger partial charge in [0, 0.05) is 11.3 Å². The molecule has 0 saturated heterocycles. The number of carbonyl (C=O) groups excluding carboxylic acids is 3. The monoisotopic (exact) mass is 404 g/mol. The largest absolute Gasteiger partial charge is 0.457 e. The number of anilines is 1. The molecule has 152 valence electrons. The number of hydrogen-bond donors (Lipinski definition) is 2. The number of Topliss-reactive ketones (excluding diaryl/α,β-unsaturated/α-hetero) is 1. The van der Waals surface area contributed by atoms with Crippen LogP contribution in [0.2, 0.25) is 0 Å². The average molecular weight is 404 g/mol. The Bertz CT molecular complexity index is 1130. The van der Waals surface area contributed by atoms with Crippen LogP contribution in [0.1, 0.15) is 25.0 Å². The lowest BCUT2D eigenvalue weighted by atomic mass is 9.67. The Balaban J connectivity index is 1.86. The second-order valence-electron chi connectivity index (χ2n) is 7.14. The number of allylic oxidation sites excluding steroid dienone is 1. The standard InChI is InChI=1S/C23H20N2O5/c1-13(26)18-14(2)30-20(24)19(21(27)29-12-15-8-4-3-5-9-15)23(18)16-10-6-7-11-17(16)25-22(23)28/h3-11H,12,24H2,1-2H3,(H,25,28)/t23-/m0/s1. The number of ether oxygens (including phenoxy) is 2. The van der Waals surface area contributed by atoms with Gasteiger partial charge in [0.1, 0.15) is 23.4 Å². The van der Waals surface area contributed by atoms with E-state index < -0.39 is 23.1 Å². The van der Waals surface area contributed by atoms with Gasteiger partial charge in [-0.05, 0) is 25.5 Å².